The van der Waals surface area contributed by atoms with Crippen molar-refractivity contribution in [2.75, 3.05) is 0 Å². The number of rotatable bonds is 3. The Morgan fingerprint density at radius 3 is 2.55 bits per heavy atom. The van der Waals surface area contributed by atoms with Crippen molar-refractivity contribution in [3.05, 3.63) is 71.4 Å². The molecule has 0 amide bonds. The van der Waals surface area contributed by atoms with E-state index in [1.807, 2.05) is 37.3 Å². The van der Waals surface area contributed by atoms with E-state index in [0.29, 0.717) is 6.61 Å². The van der Waals surface area contributed by atoms with Gasteiger partial charge >= 0.3 is 0 Å². The summed E-state index contributed by atoms with van der Waals surface area (Å²) in [5, 5.41) is 1.17. The second-order valence-corrected chi connectivity index (χ2v) is 5.05. The number of pyridine rings is 1. The molecule has 0 radical (unpaired) electrons. The Labute approximate surface area is 119 Å². The van der Waals surface area contributed by atoms with Gasteiger partial charge in [0.1, 0.15) is 12.4 Å². The van der Waals surface area contributed by atoms with E-state index >= 15 is 0 Å². The number of para-hydroxylation sites is 1. The Morgan fingerprint density at radius 2 is 1.75 bits per heavy atom. The zero-order valence-corrected chi connectivity index (χ0v) is 11.8. The molecule has 0 aliphatic carbocycles. The molecule has 0 N–H and O–H groups in total. The average molecular weight is 263 g/mol. The molecule has 0 spiro atoms. The number of hydrogen-bond donors (Lipinski definition) is 0. The molecule has 3 rings (SSSR count). The quantitative estimate of drug-likeness (QED) is 0.697. The van der Waals surface area contributed by atoms with E-state index in [1.165, 1.54) is 16.5 Å². The summed E-state index contributed by atoms with van der Waals surface area (Å²) >= 11 is 0. The van der Waals surface area contributed by atoms with Crippen molar-refractivity contribution in [1.82, 2.24) is 4.98 Å². The van der Waals surface area contributed by atoms with Crippen LogP contribution in [0.3, 0.4) is 0 Å². The predicted molar refractivity (Wildman–Crippen MR) is 82.0 cm³/mol. The highest BCUT2D eigenvalue weighted by Gasteiger charge is 2.05. The normalized spacial score (nSPS) is 10.7. The third kappa shape index (κ3) is 2.64. The summed E-state index contributed by atoms with van der Waals surface area (Å²) in [7, 11) is 0. The van der Waals surface area contributed by atoms with E-state index < -0.39 is 0 Å². The number of aryl methyl sites for hydroxylation is 2. The Morgan fingerprint density at radius 1 is 0.950 bits per heavy atom. The fourth-order valence-corrected chi connectivity index (χ4v) is 2.35. The Balaban J connectivity index is 1.96. The predicted octanol–water partition coefficient (Wildman–Crippen LogP) is 4.43. The minimum Gasteiger partial charge on any atom is -0.489 e. The first-order chi connectivity index (χ1) is 9.72. The number of nitrogens with zero attached hydrogens (tertiary/aromatic N) is 1. The SMILES string of the molecule is Cc1ccc2nc(C)cc(COc3ccccc3)c2c1. The largest absolute Gasteiger partial charge is 0.489 e. The third-order valence-corrected chi connectivity index (χ3v) is 3.32. The van der Waals surface area contributed by atoms with E-state index in [0.717, 1.165) is 17.0 Å². The molecule has 0 bridgehead atoms. The molecular weight excluding hydrogens is 246 g/mol. The van der Waals surface area contributed by atoms with E-state index in [-0.39, 0.29) is 0 Å². The maximum Gasteiger partial charge on any atom is 0.119 e. The molecule has 2 heteroatoms. The van der Waals surface area contributed by atoms with Crippen LogP contribution in [0.15, 0.2) is 54.6 Å². The lowest BCUT2D eigenvalue weighted by atomic mass is 10.1. The van der Waals surface area contributed by atoms with E-state index in [1.54, 1.807) is 0 Å². The Kier molecular flexibility index (Phi) is 3.38. The molecule has 2 aromatic carbocycles. The molecule has 0 saturated carbocycles. The second kappa shape index (κ2) is 5.33. The average Bonchev–Trinajstić information content (AvgIpc) is 2.46. The van der Waals surface area contributed by atoms with Crippen LogP contribution < -0.4 is 4.74 Å². The monoisotopic (exact) mass is 263 g/mol. The van der Waals surface area contributed by atoms with Crippen LogP contribution in [-0.2, 0) is 6.61 Å². The number of ether oxygens (including phenoxy) is 1. The first-order valence-electron chi connectivity index (χ1n) is 6.77. The fourth-order valence-electron chi connectivity index (χ4n) is 2.35. The zero-order chi connectivity index (χ0) is 13.9. The highest BCUT2D eigenvalue weighted by molar-refractivity contribution is 5.83. The first kappa shape index (κ1) is 12.7. The summed E-state index contributed by atoms with van der Waals surface area (Å²) in [5.74, 6) is 0.891. The van der Waals surface area contributed by atoms with Gasteiger partial charge < -0.3 is 4.74 Å². The third-order valence-electron chi connectivity index (χ3n) is 3.32. The maximum atomic E-state index is 5.87. The summed E-state index contributed by atoms with van der Waals surface area (Å²) in [5.41, 5.74) is 4.47. The minimum atomic E-state index is 0.563. The van der Waals surface area contributed by atoms with Gasteiger partial charge in [-0.3, -0.25) is 4.98 Å². The molecule has 0 atom stereocenters. The Hall–Kier alpha value is -2.35. The van der Waals surface area contributed by atoms with Crippen LogP contribution in [0, 0.1) is 13.8 Å². The van der Waals surface area contributed by atoms with Crippen LogP contribution >= 0.6 is 0 Å². The van der Waals surface area contributed by atoms with Gasteiger partial charge in [-0.15, -0.1) is 0 Å². The highest BCUT2D eigenvalue weighted by atomic mass is 16.5. The van der Waals surface area contributed by atoms with Crippen LogP contribution in [0.5, 0.6) is 5.75 Å². The summed E-state index contributed by atoms with van der Waals surface area (Å²) in [4.78, 5) is 4.58. The first-order valence-corrected chi connectivity index (χ1v) is 6.77. The lowest BCUT2D eigenvalue weighted by Crippen LogP contribution is -1.99. The van der Waals surface area contributed by atoms with Crippen LogP contribution in [-0.4, -0.2) is 4.98 Å². The number of hydrogen-bond acceptors (Lipinski definition) is 2. The van der Waals surface area contributed by atoms with Crippen molar-refractivity contribution < 1.29 is 4.74 Å². The van der Waals surface area contributed by atoms with Gasteiger partial charge in [0, 0.05) is 16.6 Å². The molecule has 0 fully saturated rings. The molecular formula is C18H17NO. The van der Waals surface area contributed by atoms with Crippen molar-refractivity contribution in [3.63, 3.8) is 0 Å². The van der Waals surface area contributed by atoms with Crippen molar-refractivity contribution >= 4 is 10.9 Å². The molecule has 0 unspecified atom stereocenters. The van der Waals surface area contributed by atoms with Gasteiger partial charge in [0.2, 0.25) is 0 Å². The second-order valence-electron chi connectivity index (χ2n) is 5.05. The van der Waals surface area contributed by atoms with Gasteiger partial charge in [-0.25, -0.2) is 0 Å². The van der Waals surface area contributed by atoms with Gasteiger partial charge in [-0.2, -0.15) is 0 Å². The van der Waals surface area contributed by atoms with Gasteiger partial charge in [-0.05, 0) is 44.2 Å². The molecule has 100 valence electrons. The van der Waals surface area contributed by atoms with Crippen molar-refractivity contribution in [2.45, 2.75) is 20.5 Å². The van der Waals surface area contributed by atoms with E-state index in [9.17, 15) is 0 Å². The number of fused-ring (bicyclic) bond motifs is 1. The Bertz CT molecular complexity index is 735. The lowest BCUT2D eigenvalue weighted by molar-refractivity contribution is 0.307. The summed E-state index contributed by atoms with van der Waals surface area (Å²) in [6.45, 7) is 4.68. The molecule has 1 aromatic heterocycles. The van der Waals surface area contributed by atoms with Gasteiger partial charge in [0.05, 0.1) is 5.52 Å². The van der Waals surface area contributed by atoms with E-state index in [4.69, 9.17) is 4.74 Å². The van der Waals surface area contributed by atoms with Crippen LogP contribution in [0.25, 0.3) is 10.9 Å². The summed E-state index contributed by atoms with van der Waals surface area (Å²) < 4.78 is 5.87. The van der Waals surface area contributed by atoms with Gasteiger partial charge in [0.15, 0.2) is 0 Å². The fraction of sp³-hybridized carbons (Fsp3) is 0.167. The standard InChI is InChI=1S/C18H17NO/c1-13-8-9-18-17(10-13)15(11-14(2)19-18)12-20-16-6-4-3-5-7-16/h3-11H,12H2,1-2H3. The molecule has 0 aliphatic heterocycles. The molecule has 0 saturated heterocycles. The topological polar surface area (TPSA) is 22.1 Å². The van der Waals surface area contributed by atoms with Crippen molar-refractivity contribution in [3.8, 4) is 5.75 Å². The van der Waals surface area contributed by atoms with Crippen LogP contribution in [0.4, 0.5) is 0 Å². The van der Waals surface area contributed by atoms with E-state index in [2.05, 4.69) is 36.2 Å². The smallest absolute Gasteiger partial charge is 0.119 e. The van der Waals surface area contributed by atoms with Gasteiger partial charge in [-0.1, -0.05) is 29.8 Å². The lowest BCUT2D eigenvalue weighted by Gasteiger charge is -2.10. The molecule has 3 aromatic rings. The van der Waals surface area contributed by atoms with Crippen LogP contribution in [0.1, 0.15) is 16.8 Å². The maximum absolute atomic E-state index is 5.87. The number of benzene rings is 2. The summed E-state index contributed by atoms with van der Waals surface area (Å²) in [6, 6.07) is 18.3. The van der Waals surface area contributed by atoms with Crippen molar-refractivity contribution in [2.24, 2.45) is 0 Å². The molecule has 0 aliphatic rings. The molecule has 2 nitrogen and oxygen atoms in total. The van der Waals surface area contributed by atoms with Gasteiger partial charge in [0.25, 0.3) is 0 Å². The zero-order valence-electron chi connectivity index (χ0n) is 11.8. The molecule has 1 heterocycles. The minimum absolute atomic E-state index is 0.563. The molecule has 20 heavy (non-hydrogen) atoms. The summed E-state index contributed by atoms with van der Waals surface area (Å²) in [6.07, 6.45) is 0. The van der Waals surface area contributed by atoms with Crippen LogP contribution in [0.2, 0.25) is 0 Å². The highest BCUT2D eigenvalue weighted by Crippen LogP contribution is 2.21. The van der Waals surface area contributed by atoms with Crippen molar-refractivity contribution in [1.29, 1.82) is 0 Å². The number of aromatic nitrogens is 1.